The molecule has 0 bridgehead atoms. The summed E-state index contributed by atoms with van der Waals surface area (Å²) in [6, 6.07) is 5.60. The van der Waals surface area contributed by atoms with Crippen LogP contribution in [0.3, 0.4) is 0 Å². The number of nitrogens with zero attached hydrogens (tertiary/aromatic N) is 2. The molecule has 0 atom stereocenters. The van der Waals surface area contributed by atoms with Gasteiger partial charge in [0.15, 0.2) is 5.57 Å². The number of non-ortho nitro benzene ring substituents is 1. The molecule has 0 aliphatic rings. The molecule has 0 aliphatic heterocycles. The highest BCUT2D eigenvalue weighted by atomic mass is 16.6. The van der Waals surface area contributed by atoms with Gasteiger partial charge in [0.25, 0.3) is 5.69 Å². The van der Waals surface area contributed by atoms with Gasteiger partial charge in [0.05, 0.1) is 24.3 Å². The fraction of sp³-hybridized carbons (Fsp3) is 0.231. The van der Waals surface area contributed by atoms with Gasteiger partial charge >= 0.3 is 5.97 Å². The molecule has 8 nitrogen and oxygen atoms in total. The minimum Gasteiger partial charge on any atom is -0.495 e. The summed E-state index contributed by atoms with van der Waals surface area (Å²) in [5.41, 5.74) is -0.157. The van der Waals surface area contributed by atoms with E-state index in [-0.39, 0.29) is 23.6 Å². The standard InChI is InChI=1S/C13H13N3O5/c1-3-21-13(17)9(7-14)8-15-11-6-10(16(18)19)4-5-12(11)20-2/h4-6,8,15H,3H2,1-2H3/b9-8-. The van der Waals surface area contributed by atoms with Gasteiger partial charge in [-0.1, -0.05) is 0 Å². The Hall–Kier alpha value is -3.08. The van der Waals surface area contributed by atoms with Gasteiger partial charge in [0.1, 0.15) is 11.8 Å². The van der Waals surface area contributed by atoms with E-state index in [9.17, 15) is 14.9 Å². The van der Waals surface area contributed by atoms with Crippen LogP contribution in [0.5, 0.6) is 5.75 Å². The van der Waals surface area contributed by atoms with E-state index in [1.54, 1.807) is 13.0 Å². The molecule has 0 radical (unpaired) electrons. The normalized spacial score (nSPS) is 10.4. The number of rotatable bonds is 6. The number of nitro groups is 1. The SMILES string of the molecule is CCOC(=O)/C(C#N)=C\Nc1cc([N+](=O)[O-])ccc1OC. The van der Waals surface area contributed by atoms with E-state index in [1.807, 2.05) is 0 Å². The number of esters is 1. The van der Waals surface area contributed by atoms with Crippen molar-refractivity contribution >= 4 is 17.3 Å². The quantitative estimate of drug-likeness (QED) is 0.280. The number of nitrogens with one attached hydrogen (secondary N) is 1. The Labute approximate surface area is 120 Å². The van der Waals surface area contributed by atoms with Crippen molar-refractivity contribution in [1.29, 1.82) is 5.26 Å². The number of anilines is 1. The van der Waals surface area contributed by atoms with E-state index in [0.717, 1.165) is 6.20 Å². The molecule has 0 heterocycles. The number of carbonyl (C=O) groups excluding carboxylic acids is 1. The fourth-order valence-electron chi connectivity index (χ4n) is 1.42. The highest BCUT2D eigenvalue weighted by molar-refractivity contribution is 5.93. The number of hydrogen-bond donors (Lipinski definition) is 1. The average molecular weight is 291 g/mol. The van der Waals surface area contributed by atoms with Crippen LogP contribution < -0.4 is 10.1 Å². The Balaban J connectivity index is 3.05. The number of hydrogen-bond acceptors (Lipinski definition) is 7. The van der Waals surface area contributed by atoms with E-state index < -0.39 is 10.9 Å². The second-order valence-electron chi connectivity index (χ2n) is 3.68. The van der Waals surface area contributed by atoms with Gasteiger partial charge in [0.2, 0.25) is 0 Å². The number of methoxy groups -OCH3 is 1. The largest absolute Gasteiger partial charge is 0.495 e. The lowest BCUT2D eigenvalue weighted by Crippen LogP contribution is -2.08. The van der Waals surface area contributed by atoms with Crippen molar-refractivity contribution in [1.82, 2.24) is 0 Å². The van der Waals surface area contributed by atoms with Gasteiger partial charge in [-0.05, 0) is 13.0 Å². The maximum Gasteiger partial charge on any atom is 0.350 e. The van der Waals surface area contributed by atoms with Crippen molar-refractivity contribution < 1.29 is 19.2 Å². The van der Waals surface area contributed by atoms with Crippen LogP contribution in [0.25, 0.3) is 0 Å². The lowest BCUT2D eigenvalue weighted by molar-refractivity contribution is -0.384. The maximum absolute atomic E-state index is 11.4. The Kier molecular flexibility index (Phi) is 5.70. The molecule has 1 aromatic carbocycles. The molecule has 0 spiro atoms. The van der Waals surface area contributed by atoms with E-state index in [2.05, 4.69) is 5.32 Å². The Morgan fingerprint density at radius 1 is 1.57 bits per heavy atom. The highest BCUT2D eigenvalue weighted by Crippen LogP contribution is 2.28. The minimum atomic E-state index is -0.781. The van der Waals surface area contributed by atoms with Crippen LogP contribution in [-0.2, 0) is 9.53 Å². The molecule has 0 amide bonds. The van der Waals surface area contributed by atoms with Crippen molar-refractivity contribution in [2.24, 2.45) is 0 Å². The molecule has 0 unspecified atom stereocenters. The molecule has 21 heavy (non-hydrogen) atoms. The molecule has 1 rings (SSSR count). The summed E-state index contributed by atoms with van der Waals surface area (Å²) >= 11 is 0. The third-order valence-electron chi connectivity index (χ3n) is 2.38. The van der Waals surface area contributed by atoms with E-state index >= 15 is 0 Å². The molecule has 110 valence electrons. The van der Waals surface area contributed by atoms with Crippen molar-refractivity contribution in [3.8, 4) is 11.8 Å². The van der Waals surface area contributed by atoms with Crippen LogP contribution in [-0.4, -0.2) is 24.6 Å². The second kappa shape index (κ2) is 7.49. The zero-order chi connectivity index (χ0) is 15.8. The van der Waals surface area contributed by atoms with Crippen molar-refractivity contribution in [3.05, 3.63) is 40.1 Å². The van der Waals surface area contributed by atoms with Gasteiger partial charge in [0, 0.05) is 18.3 Å². The number of benzene rings is 1. The van der Waals surface area contributed by atoms with Crippen LogP contribution in [0.4, 0.5) is 11.4 Å². The van der Waals surface area contributed by atoms with E-state index in [1.165, 1.54) is 25.3 Å². The monoisotopic (exact) mass is 291 g/mol. The summed E-state index contributed by atoms with van der Waals surface area (Å²) in [7, 11) is 1.40. The van der Waals surface area contributed by atoms with Gasteiger partial charge in [-0.15, -0.1) is 0 Å². The summed E-state index contributed by atoms with van der Waals surface area (Å²) in [5, 5.41) is 22.2. The molecule has 0 fully saturated rings. The Morgan fingerprint density at radius 2 is 2.29 bits per heavy atom. The first-order valence-corrected chi connectivity index (χ1v) is 5.89. The number of carbonyl (C=O) groups is 1. The zero-order valence-electron chi connectivity index (χ0n) is 11.5. The third kappa shape index (κ3) is 4.21. The van der Waals surface area contributed by atoms with Gasteiger partial charge < -0.3 is 14.8 Å². The van der Waals surface area contributed by atoms with Crippen molar-refractivity contribution in [2.45, 2.75) is 6.92 Å². The molecule has 0 saturated heterocycles. The van der Waals surface area contributed by atoms with Gasteiger partial charge in [-0.25, -0.2) is 4.79 Å². The molecule has 1 N–H and O–H groups in total. The second-order valence-corrected chi connectivity index (χ2v) is 3.68. The van der Waals surface area contributed by atoms with Crippen molar-refractivity contribution in [2.75, 3.05) is 19.0 Å². The minimum absolute atomic E-state index is 0.137. The summed E-state index contributed by atoms with van der Waals surface area (Å²) in [5.74, 6) is -0.449. The van der Waals surface area contributed by atoms with Gasteiger partial charge in [-0.3, -0.25) is 10.1 Å². The molecular formula is C13H13N3O5. The number of nitriles is 1. The van der Waals surface area contributed by atoms with E-state index in [4.69, 9.17) is 14.7 Å². The van der Waals surface area contributed by atoms with Crippen molar-refractivity contribution in [3.63, 3.8) is 0 Å². The summed E-state index contributed by atoms with van der Waals surface area (Å²) in [4.78, 5) is 21.6. The Morgan fingerprint density at radius 3 is 2.81 bits per heavy atom. The maximum atomic E-state index is 11.4. The van der Waals surface area contributed by atoms with Crippen LogP contribution >= 0.6 is 0 Å². The summed E-state index contributed by atoms with van der Waals surface area (Å²) in [6.45, 7) is 1.75. The molecular weight excluding hydrogens is 278 g/mol. The zero-order valence-corrected chi connectivity index (χ0v) is 11.5. The number of ether oxygens (including phenoxy) is 2. The molecule has 1 aromatic rings. The number of nitro benzene ring substituents is 1. The topological polar surface area (TPSA) is 114 Å². The van der Waals surface area contributed by atoms with Crippen LogP contribution in [0.2, 0.25) is 0 Å². The summed E-state index contributed by atoms with van der Waals surface area (Å²) < 4.78 is 9.73. The fourth-order valence-corrected chi connectivity index (χ4v) is 1.42. The molecule has 0 aliphatic carbocycles. The molecule has 0 aromatic heterocycles. The Bertz CT molecular complexity index is 619. The predicted octanol–water partition coefficient (Wildman–Crippen LogP) is 1.99. The lowest BCUT2D eigenvalue weighted by atomic mass is 10.2. The lowest BCUT2D eigenvalue weighted by Gasteiger charge is -2.08. The predicted molar refractivity (Wildman–Crippen MR) is 73.6 cm³/mol. The van der Waals surface area contributed by atoms with Crippen LogP contribution in [0, 0.1) is 21.4 Å². The third-order valence-corrected chi connectivity index (χ3v) is 2.38. The van der Waals surface area contributed by atoms with Gasteiger partial charge in [-0.2, -0.15) is 5.26 Å². The first-order chi connectivity index (χ1) is 10.0. The van der Waals surface area contributed by atoms with E-state index in [0.29, 0.717) is 5.75 Å². The first-order valence-electron chi connectivity index (χ1n) is 5.89. The first kappa shape index (κ1) is 16.0. The smallest absolute Gasteiger partial charge is 0.350 e. The average Bonchev–Trinajstić information content (AvgIpc) is 2.47. The molecule has 8 heteroatoms. The van der Waals surface area contributed by atoms with Crippen LogP contribution in [0.15, 0.2) is 30.0 Å². The summed E-state index contributed by atoms with van der Waals surface area (Å²) in [6.07, 6.45) is 1.11. The van der Waals surface area contributed by atoms with Crippen LogP contribution in [0.1, 0.15) is 6.92 Å². The molecule has 0 saturated carbocycles. The highest BCUT2D eigenvalue weighted by Gasteiger charge is 2.13.